The first-order chi connectivity index (χ1) is 12.0. The Balaban J connectivity index is 0.000000462. The van der Waals surface area contributed by atoms with E-state index in [1.54, 1.807) is 24.3 Å². The maximum atomic E-state index is 10.2. The SMILES string of the molecule is C1CO1.CCCCCCCCCCOS(=O)(=O)O.Oc1ccccc1. The number of para-hydroxylation sites is 1. The molecule has 1 saturated heterocycles. The summed E-state index contributed by atoms with van der Waals surface area (Å²) < 4.78 is 37.3. The second-order valence-electron chi connectivity index (χ2n) is 5.67. The van der Waals surface area contributed by atoms with E-state index >= 15 is 0 Å². The number of aromatic hydroxyl groups is 1. The molecule has 1 aromatic rings. The lowest BCUT2D eigenvalue weighted by Gasteiger charge is -2.01. The molecule has 1 aromatic carbocycles. The third kappa shape index (κ3) is 25.2. The maximum absolute atomic E-state index is 10.2. The molecular weight excluding hydrogens is 344 g/mol. The molecule has 0 aliphatic carbocycles. The van der Waals surface area contributed by atoms with E-state index in [0.29, 0.717) is 12.2 Å². The predicted octanol–water partition coefficient (Wildman–Crippen LogP) is 4.36. The van der Waals surface area contributed by atoms with E-state index in [1.807, 2.05) is 6.07 Å². The van der Waals surface area contributed by atoms with Crippen molar-refractivity contribution < 1.29 is 27.0 Å². The second kappa shape index (κ2) is 16.3. The van der Waals surface area contributed by atoms with Gasteiger partial charge in [0.2, 0.25) is 0 Å². The van der Waals surface area contributed by atoms with Crippen LogP contribution in [0.3, 0.4) is 0 Å². The summed E-state index contributed by atoms with van der Waals surface area (Å²) in [6.07, 6.45) is 9.05. The molecule has 0 spiro atoms. The molecular formula is C18H32O6S. The molecule has 1 heterocycles. The van der Waals surface area contributed by atoms with E-state index in [2.05, 4.69) is 15.8 Å². The van der Waals surface area contributed by atoms with Crippen LogP contribution in [0.15, 0.2) is 30.3 Å². The van der Waals surface area contributed by atoms with Crippen LogP contribution in [0.1, 0.15) is 58.3 Å². The van der Waals surface area contributed by atoms with Crippen molar-refractivity contribution >= 4 is 10.4 Å². The minimum atomic E-state index is -4.23. The zero-order valence-electron chi connectivity index (χ0n) is 15.1. The van der Waals surface area contributed by atoms with Gasteiger partial charge in [0.25, 0.3) is 0 Å². The molecule has 2 rings (SSSR count). The molecule has 0 radical (unpaired) electrons. The number of rotatable bonds is 10. The molecule has 25 heavy (non-hydrogen) atoms. The predicted molar refractivity (Wildman–Crippen MR) is 99.0 cm³/mol. The van der Waals surface area contributed by atoms with Crippen LogP contribution < -0.4 is 0 Å². The third-order valence-corrected chi connectivity index (χ3v) is 3.65. The van der Waals surface area contributed by atoms with Crippen molar-refractivity contribution in [3.8, 4) is 5.75 Å². The van der Waals surface area contributed by atoms with Crippen molar-refractivity contribution in [2.75, 3.05) is 19.8 Å². The molecule has 0 aromatic heterocycles. The first-order valence-electron chi connectivity index (χ1n) is 8.89. The van der Waals surface area contributed by atoms with Crippen molar-refractivity contribution in [3.05, 3.63) is 30.3 Å². The Morgan fingerprint density at radius 1 is 0.960 bits per heavy atom. The second-order valence-corrected chi connectivity index (χ2v) is 6.76. The quantitative estimate of drug-likeness (QED) is 0.358. The van der Waals surface area contributed by atoms with Gasteiger partial charge in [0.1, 0.15) is 5.75 Å². The van der Waals surface area contributed by atoms with Crippen LogP contribution in [0.25, 0.3) is 0 Å². The highest BCUT2D eigenvalue weighted by atomic mass is 32.3. The lowest BCUT2D eigenvalue weighted by Crippen LogP contribution is -2.04. The average molecular weight is 377 g/mol. The summed E-state index contributed by atoms with van der Waals surface area (Å²) in [5.74, 6) is 0.322. The monoisotopic (exact) mass is 376 g/mol. The van der Waals surface area contributed by atoms with Gasteiger partial charge in [0.05, 0.1) is 19.8 Å². The molecule has 0 bridgehead atoms. The Bertz CT molecular complexity index is 485. The summed E-state index contributed by atoms with van der Waals surface area (Å²) in [6.45, 7) is 4.28. The summed E-state index contributed by atoms with van der Waals surface area (Å²) >= 11 is 0. The molecule has 0 unspecified atom stereocenters. The van der Waals surface area contributed by atoms with Crippen molar-refractivity contribution in [2.24, 2.45) is 0 Å². The first kappa shape index (κ1) is 23.9. The number of phenols is 1. The molecule has 6 nitrogen and oxygen atoms in total. The Morgan fingerprint density at radius 2 is 1.44 bits per heavy atom. The molecule has 0 atom stereocenters. The van der Waals surface area contributed by atoms with Crippen molar-refractivity contribution in [1.82, 2.24) is 0 Å². The maximum Gasteiger partial charge on any atom is 0.397 e. The number of hydrogen-bond donors (Lipinski definition) is 2. The highest BCUT2D eigenvalue weighted by Gasteiger charge is 2.02. The molecule has 1 fully saturated rings. The summed E-state index contributed by atoms with van der Waals surface area (Å²) in [6, 6.07) is 8.71. The average Bonchev–Trinajstić information content (AvgIpc) is 3.42. The van der Waals surface area contributed by atoms with Gasteiger partial charge in [-0.1, -0.05) is 70.1 Å². The summed E-state index contributed by atoms with van der Waals surface area (Å²) in [7, 11) is -4.23. The van der Waals surface area contributed by atoms with Crippen LogP contribution in [0, 0.1) is 0 Å². The zero-order chi connectivity index (χ0) is 18.8. The van der Waals surface area contributed by atoms with E-state index in [1.165, 1.54) is 32.1 Å². The number of unbranched alkanes of at least 4 members (excludes halogenated alkanes) is 7. The minimum Gasteiger partial charge on any atom is -0.508 e. The van der Waals surface area contributed by atoms with E-state index in [4.69, 9.17) is 9.66 Å². The van der Waals surface area contributed by atoms with Crippen molar-refractivity contribution in [3.63, 3.8) is 0 Å². The van der Waals surface area contributed by atoms with Gasteiger partial charge in [-0.15, -0.1) is 0 Å². The largest absolute Gasteiger partial charge is 0.508 e. The fourth-order valence-corrected chi connectivity index (χ4v) is 2.16. The minimum absolute atomic E-state index is 0.0911. The first-order valence-corrected chi connectivity index (χ1v) is 10.3. The number of phenolic OH excluding ortho intramolecular Hbond substituents is 1. The number of epoxide rings is 1. The van der Waals surface area contributed by atoms with Crippen LogP contribution in [0.4, 0.5) is 0 Å². The van der Waals surface area contributed by atoms with Gasteiger partial charge < -0.3 is 9.84 Å². The van der Waals surface area contributed by atoms with Crippen molar-refractivity contribution in [1.29, 1.82) is 0 Å². The summed E-state index contributed by atoms with van der Waals surface area (Å²) in [4.78, 5) is 0. The third-order valence-electron chi connectivity index (χ3n) is 3.19. The highest BCUT2D eigenvalue weighted by Crippen LogP contribution is 2.08. The van der Waals surface area contributed by atoms with E-state index in [-0.39, 0.29) is 6.61 Å². The Labute approximate surface area is 152 Å². The van der Waals surface area contributed by atoms with Gasteiger partial charge >= 0.3 is 10.4 Å². The Kier molecular flexibility index (Phi) is 15.6. The van der Waals surface area contributed by atoms with Gasteiger partial charge in [0, 0.05) is 0 Å². The van der Waals surface area contributed by atoms with Gasteiger partial charge in [-0.2, -0.15) is 8.42 Å². The number of hydrogen-bond acceptors (Lipinski definition) is 5. The normalized spacial score (nSPS) is 12.4. The van der Waals surface area contributed by atoms with Gasteiger partial charge in [-0.05, 0) is 18.6 Å². The molecule has 2 N–H and O–H groups in total. The zero-order valence-corrected chi connectivity index (χ0v) is 15.9. The van der Waals surface area contributed by atoms with E-state index in [0.717, 1.165) is 26.1 Å². The number of benzene rings is 1. The van der Waals surface area contributed by atoms with Crippen LogP contribution in [-0.2, 0) is 19.3 Å². The van der Waals surface area contributed by atoms with Gasteiger partial charge in [-0.3, -0.25) is 4.55 Å². The highest BCUT2D eigenvalue weighted by molar-refractivity contribution is 7.80. The lowest BCUT2D eigenvalue weighted by molar-refractivity contribution is 0.261. The molecule has 0 amide bonds. The fraction of sp³-hybridized carbons (Fsp3) is 0.667. The van der Waals surface area contributed by atoms with Crippen LogP contribution >= 0.6 is 0 Å². The van der Waals surface area contributed by atoms with E-state index in [9.17, 15) is 8.42 Å². The van der Waals surface area contributed by atoms with Gasteiger partial charge in [0.15, 0.2) is 0 Å². The molecule has 0 saturated carbocycles. The Hall–Kier alpha value is -1.15. The van der Waals surface area contributed by atoms with Gasteiger partial charge in [-0.25, -0.2) is 4.18 Å². The molecule has 7 heteroatoms. The smallest absolute Gasteiger partial charge is 0.397 e. The molecule has 1 aliphatic rings. The summed E-state index contributed by atoms with van der Waals surface area (Å²) in [5.41, 5.74) is 0. The van der Waals surface area contributed by atoms with Crippen LogP contribution in [-0.4, -0.2) is 37.9 Å². The topological polar surface area (TPSA) is 96.4 Å². The number of ether oxygens (including phenoxy) is 1. The van der Waals surface area contributed by atoms with Crippen LogP contribution in [0.2, 0.25) is 0 Å². The standard InChI is InChI=1S/C10H22O4S.C6H6O.C2H4O/c1-2-3-4-5-6-7-8-9-10-14-15(11,12)13;7-6-4-2-1-3-5-6;1-2-3-1/h2-10H2,1H3,(H,11,12,13);1-5,7H;1-2H2. The summed E-state index contributed by atoms with van der Waals surface area (Å²) in [5, 5.41) is 8.63. The van der Waals surface area contributed by atoms with E-state index < -0.39 is 10.4 Å². The van der Waals surface area contributed by atoms with Crippen LogP contribution in [0.5, 0.6) is 5.75 Å². The lowest BCUT2D eigenvalue weighted by atomic mass is 10.1. The Morgan fingerprint density at radius 3 is 1.80 bits per heavy atom. The molecule has 146 valence electrons. The van der Waals surface area contributed by atoms with Crippen molar-refractivity contribution in [2.45, 2.75) is 58.3 Å². The molecule has 1 aliphatic heterocycles. The fourth-order valence-electron chi connectivity index (χ4n) is 1.83.